The molecule has 7 nitrogen and oxygen atoms in total. The van der Waals surface area contributed by atoms with E-state index in [-0.39, 0.29) is 12.1 Å². The highest BCUT2D eigenvalue weighted by Crippen LogP contribution is 2.37. The summed E-state index contributed by atoms with van der Waals surface area (Å²) in [6.07, 6.45) is 1.48. The zero-order chi connectivity index (χ0) is 18.6. The van der Waals surface area contributed by atoms with Gasteiger partial charge in [-0.1, -0.05) is 0 Å². The van der Waals surface area contributed by atoms with E-state index in [0.29, 0.717) is 17.1 Å². The number of carbonyl (C=O) groups excluding carboxylic acids is 1. The van der Waals surface area contributed by atoms with Crippen molar-refractivity contribution in [1.82, 2.24) is 0 Å². The Morgan fingerprint density at radius 3 is 2.48 bits per heavy atom. The lowest BCUT2D eigenvalue weighted by molar-refractivity contribution is 0.0999. The minimum atomic E-state index is -0.736. The van der Waals surface area contributed by atoms with Crippen LogP contribution in [0.15, 0.2) is 29.3 Å². The zero-order valence-electron chi connectivity index (χ0n) is 14.1. The third kappa shape index (κ3) is 3.82. The van der Waals surface area contributed by atoms with Gasteiger partial charge in [0.2, 0.25) is 5.75 Å². The molecule has 0 saturated heterocycles. The molecule has 0 aromatic heterocycles. The summed E-state index contributed by atoms with van der Waals surface area (Å²) >= 11 is 0. The van der Waals surface area contributed by atoms with Crippen LogP contribution in [-0.2, 0) is 0 Å². The van der Waals surface area contributed by atoms with Gasteiger partial charge in [0, 0.05) is 11.8 Å². The topological polar surface area (TPSA) is 109 Å². The first-order valence-corrected chi connectivity index (χ1v) is 7.38. The molecule has 0 bridgehead atoms. The number of aromatic hydroxyl groups is 3. The minimum absolute atomic E-state index is 0.124. The van der Waals surface area contributed by atoms with Crippen molar-refractivity contribution in [3.05, 3.63) is 41.0 Å². The Kier molecular flexibility index (Phi) is 5.49. The molecular formula is C18H19NO6. The number of aliphatic imine (C=N–C) groups is 1. The van der Waals surface area contributed by atoms with Crippen LogP contribution in [0.5, 0.6) is 28.7 Å². The standard InChI is InChI=1S/C18H19NO6/c1-10-6-11(18(25-3)15(7-10)24-2)8-19-9-14(21)12-4-5-13(20)17(23)16(12)22/h4-8,20,22-23H,9H2,1-3H3. The fourth-order valence-electron chi connectivity index (χ4n) is 2.34. The van der Waals surface area contributed by atoms with Crippen LogP contribution in [-0.4, -0.2) is 48.1 Å². The fourth-order valence-corrected chi connectivity index (χ4v) is 2.34. The average molecular weight is 345 g/mol. The second-order valence-electron chi connectivity index (χ2n) is 5.31. The molecule has 0 spiro atoms. The first-order valence-electron chi connectivity index (χ1n) is 7.38. The Labute approximate surface area is 144 Å². The number of carbonyl (C=O) groups is 1. The van der Waals surface area contributed by atoms with Crippen LogP contribution < -0.4 is 9.47 Å². The molecule has 0 radical (unpaired) electrons. The van der Waals surface area contributed by atoms with Crippen molar-refractivity contribution in [2.75, 3.05) is 20.8 Å². The van der Waals surface area contributed by atoms with Crippen LogP contribution in [0.2, 0.25) is 0 Å². The van der Waals surface area contributed by atoms with Crippen LogP contribution in [0.3, 0.4) is 0 Å². The molecule has 2 aromatic carbocycles. The van der Waals surface area contributed by atoms with Crippen molar-refractivity contribution in [3.63, 3.8) is 0 Å². The number of ketones is 1. The summed E-state index contributed by atoms with van der Waals surface area (Å²) in [5, 5.41) is 28.5. The molecule has 0 saturated carbocycles. The molecule has 0 fully saturated rings. The first-order chi connectivity index (χ1) is 11.9. The highest BCUT2D eigenvalue weighted by Gasteiger charge is 2.16. The van der Waals surface area contributed by atoms with Crippen molar-refractivity contribution in [2.24, 2.45) is 4.99 Å². The normalized spacial score (nSPS) is 10.8. The van der Waals surface area contributed by atoms with Crippen LogP contribution in [0.1, 0.15) is 21.5 Å². The lowest BCUT2D eigenvalue weighted by atomic mass is 10.1. The predicted octanol–water partition coefficient (Wildman–Crippen LogP) is 2.43. The molecule has 0 aliphatic heterocycles. The SMILES string of the molecule is COc1cc(C)cc(C=NCC(=O)c2ccc(O)c(O)c2O)c1OC. The van der Waals surface area contributed by atoms with E-state index in [1.165, 1.54) is 26.5 Å². The maximum atomic E-state index is 12.1. The Morgan fingerprint density at radius 2 is 1.84 bits per heavy atom. The van der Waals surface area contributed by atoms with Gasteiger partial charge in [-0.2, -0.15) is 0 Å². The van der Waals surface area contributed by atoms with E-state index in [4.69, 9.17) is 9.47 Å². The van der Waals surface area contributed by atoms with Gasteiger partial charge >= 0.3 is 0 Å². The number of aryl methyl sites for hydroxylation is 1. The first kappa shape index (κ1) is 18.1. The third-order valence-electron chi connectivity index (χ3n) is 3.55. The summed E-state index contributed by atoms with van der Waals surface area (Å²) in [5.41, 5.74) is 1.46. The number of rotatable bonds is 6. The number of methoxy groups -OCH3 is 2. The van der Waals surface area contributed by atoms with E-state index < -0.39 is 23.0 Å². The summed E-state index contributed by atoms with van der Waals surface area (Å²) in [4.78, 5) is 16.2. The molecule has 2 rings (SSSR count). The Balaban J connectivity index is 2.23. The molecule has 25 heavy (non-hydrogen) atoms. The predicted molar refractivity (Wildman–Crippen MR) is 92.5 cm³/mol. The number of Topliss-reactive ketones (excluding diaryl/α,β-unsaturated/α-hetero) is 1. The van der Waals surface area contributed by atoms with E-state index >= 15 is 0 Å². The Hall–Kier alpha value is -3.22. The van der Waals surface area contributed by atoms with Crippen molar-refractivity contribution in [3.8, 4) is 28.7 Å². The number of phenolic OH excluding ortho intramolecular Hbond substituents is 3. The molecule has 3 N–H and O–H groups in total. The molecule has 2 aromatic rings. The molecule has 0 unspecified atom stereocenters. The highest BCUT2D eigenvalue weighted by molar-refractivity contribution is 6.02. The quantitative estimate of drug-likeness (QED) is 0.421. The highest BCUT2D eigenvalue weighted by atomic mass is 16.5. The van der Waals surface area contributed by atoms with Crippen molar-refractivity contribution < 1.29 is 29.6 Å². The van der Waals surface area contributed by atoms with Gasteiger partial charge in [0.15, 0.2) is 28.8 Å². The Bertz CT molecular complexity index is 829. The molecule has 0 atom stereocenters. The number of nitrogens with zero attached hydrogens (tertiary/aromatic N) is 1. The van der Waals surface area contributed by atoms with Crippen molar-refractivity contribution in [2.45, 2.75) is 6.92 Å². The van der Waals surface area contributed by atoms with Gasteiger partial charge in [-0.25, -0.2) is 0 Å². The van der Waals surface area contributed by atoms with Crippen LogP contribution in [0, 0.1) is 6.92 Å². The second-order valence-corrected chi connectivity index (χ2v) is 5.31. The largest absolute Gasteiger partial charge is 0.504 e. The summed E-state index contributed by atoms with van der Waals surface area (Å²) in [6.45, 7) is 1.64. The van der Waals surface area contributed by atoms with Gasteiger partial charge in [-0.15, -0.1) is 0 Å². The van der Waals surface area contributed by atoms with Gasteiger partial charge in [0.1, 0.15) is 6.54 Å². The Morgan fingerprint density at radius 1 is 1.12 bits per heavy atom. The number of benzene rings is 2. The maximum Gasteiger partial charge on any atom is 0.201 e. The van der Waals surface area contributed by atoms with E-state index in [1.807, 2.05) is 19.1 Å². The van der Waals surface area contributed by atoms with Crippen LogP contribution in [0.4, 0.5) is 0 Å². The van der Waals surface area contributed by atoms with Gasteiger partial charge in [0.25, 0.3) is 0 Å². The number of ether oxygens (including phenoxy) is 2. The van der Waals surface area contributed by atoms with Gasteiger partial charge in [-0.05, 0) is 36.8 Å². The smallest absolute Gasteiger partial charge is 0.201 e. The number of phenols is 3. The van der Waals surface area contributed by atoms with Gasteiger partial charge in [0.05, 0.1) is 19.8 Å². The van der Waals surface area contributed by atoms with Gasteiger partial charge < -0.3 is 24.8 Å². The van der Waals surface area contributed by atoms with E-state index in [0.717, 1.165) is 11.6 Å². The monoisotopic (exact) mass is 345 g/mol. The molecule has 0 amide bonds. The lowest BCUT2D eigenvalue weighted by Crippen LogP contribution is -2.04. The van der Waals surface area contributed by atoms with Crippen LogP contribution in [0.25, 0.3) is 0 Å². The van der Waals surface area contributed by atoms with Crippen molar-refractivity contribution in [1.29, 1.82) is 0 Å². The summed E-state index contributed by atoms with van der Waals surface area (Å²) in [6, 6.07) is 6.00. The molecule has 7 heteroatoms. The zero-order valence-corrected chi connectivity index (χ0v) is 14.1. The lowest BCUT2D eigenvalue weighted by Gasteiger charge is -2.11. The summed E-state index contributed by atoms with van der Waals surface area (Å²) < 4.78 is 10.6. The number of hydrogen-bond acceptors (Lipinski definition) is 7. The van der Waals surface area contributed by atoms with Gasteiger partial charge in [-0.3, -0.25) is 9.79 Å². The third-order valence-corrected chi connectivity index (χ3v) is 3.55. The van der Waals surface area contributed by atoms with Crippen LogP contribution >= 0.6 is 0 Å². The van der Waals surface area contributed by atoms with E-state index in [9.17, 15) is 20.1 Å². The summed E-state index contributed by atoms with van der Waals surface area (Å²) in [5.74, 6) is -1.38. The minimum Gasteiger partial charge on any atom is -0.504 e. The fraction of sp³-hybridized carbons (Fsp3) is 0.222. The van der Waals surface area contributed by atoms with E-state index in [1.54, 1.807) is 0 Å². The van der Waals surface area contributed by atoms with E-state index in [2.05, 4.69) is 4.99 Å². The maximum absolute atomic E-state index is 12.1. The van der Waals surface area contributed by atoms with Crippen molar-refractivity contribution >= 4 is 12.0 Å². The molecule has 0 heterocycles. The molecule has 0 aliphatic carbocycles. The molecule has 0 aliphatic rings. The molecule has 132 valence electrons. The average Bonchev–Trinajstić information content (AvgIpc) is 2.59. The molecular weight excluding hydrogens is 326 g/mol. The second kappa shape index (κ2) is 7.57. The summed E-state index contributed by atoms with van der Waals surface area (Å²) in [7, 11) is 3.04. The number of hydrogen-bond donors (Lipinski definition) is 3.